The van der Waals surface area contributed by atoms with Gasteiger partial charge in [-0.25, -0.2) is 9.78 Å². The molecule has 2 aromatic heterocycles. The molecule has 0 unspecified atom stereocenters. The van der Waals surface area contributed by atoms with Crippen LogP contribution >= 0.6 is 11.3 Å². The summed E-state index contributed by atoms with van der Waals surface area (Å²) in [6, 6.07) is 16.9. The van der Waals surface area contributed by atoms with Gasteiger partial charge in [-0.3, -0.25) is 10.1 Å². The molecule has 0 amide bonds. The molecule has 0 fully saturated rings. The SMILES string of the molecule is COC(=O)c1ccc(-c2sc(-c3cccc([N+](=O)[O-])c3)nc2-c2ccco2)cc1. The van der Waals surface area contributed by atoms with Gasteiger partial charge in [-0.15, -0.1) is 11.3 Å². The first-order valence-corrected chi connectivity index (χ1v) is 9.37. The first-order valence-electron chi connectivity index (χ1n) is 8.55. The number of rotatable bonds is 5. The van der Waals surface area contributed by atoms with Crippen LogP contribution in [0.2, 0.25) is 0 Å². The fraction of sp³-hybridized carbons (Fsp3) is 0.0476. The van der Waals surface area contributed by atoms with Crippen molar-refractivity contribution in [3.05, 3.63) is 82.6 Å². The van der Waals surface area contributed by atoms with Gasteiger partial charge >= 0.3 is 5.97 Å². The quantitative estimate of drug-likeness (QED) is 0.249. The molecule has 0 radical (unpaired) electrons. The number of carbonyl (C=O) groups is 1. The lowest BCUT2D eigenvalue weighted by atomic mass is 10.1. The highest BCUT2D eigenvalue weighted by atomic mass is 32.1. The van der Waals surface area contributed by atoms with Crippen LogP contribution in [0.25, 0.3) is 32.5 Å². The second kappa shape index (κ2) is 7.69. The van der Waals surface area contributed by atoms with E-state index in [-0.39, 0.29) is 5.69 Å². The van der Waals surface area contributed by atoms with Gasteiger partial charge in [0.25, 0.3) is 5.69 Å². The van der Waals surface area contributed by atoms with Gasteiger partial charge in [0.05, 0.1) is 28.7 Å². The first-order chi connectivity index (χ1) is 14.1. The van der Waals surface area contributed by atoms with Gasteiger partial charge < -0.3 is 9.15 Å². The van der Waals surface area contributed by atoms with Crippen LogP contribution in [0.5, 0.6) is 0 Å². The van der Waals surface area contributed by atoms with Gasteiger partial charge in [-0.2, -0.15) is 0 Å². The Morgan fingerprint density at radius 3 is 2.55 bits per heavy atom. The summed E-state index contributed by atoms with van der Waals surface area (Å²) in [5, 5.41) is 11.7. The summed E-state index contributed by atoms with van der Waals surface area (Å²) in [5.41, 5.74) is 2.57. The fourth-order valence-electron chi connectivity index (χ4n) is 2.85. The average Bonchev–Trinajstić information content (AvgIpc) is 3.43. The van der Waals surface area contributed by atoms with Crippen molar-refractivity contribution in [1.29, 1.82) is 0 Å². The minimum atomic E-state index is -0.434. The lowest BCUT2D eigenvalue weighted by molar-refractivity contribution is -0.384. The second-order valence-corrected chi connectivity index (χ2v) is 7.05. The molecule has 0 saturated heterocycles. The number of nitro groups is 1. The molecule has 4 aromatic rings. The summed E-state index contributed by atoms with van der Waals surface area (Å²) < 4.78 is 10.3. The van der Waals surface area contributed by atoms with E-state index in [1.165, 1.54) is 30.6 Å². The van der Waals surface area contributed by atoms with E-state index in [0.717, 1.165) is 10.4 Å². The number of aromatic nitrogens is 1. The molecule has 0 aliphatic heterocycles. The summed E-state index contributed by atoms with van der Waals surface area (Å²) in [6.07, 6.45) is 1.56. The van der Waals surface area contributed by atoms with Crippen LogP contribution in [0.3, 0.4) is 0 Å². The number of furan rings is 1. The van der Waals surface area contributed by atoms with E-state index in [0.29, 0.717) is 27.6 Å². The summed E-state index contributed by atoms with van der Waals surface area (Å²) in [4.78, 5) is 27.9. The van der Waals surface area contributed by atoms with E-state index >= 15 is 0 Å². The Hall–Kier alpha value is -3.78. The number of nitrogens with zero attached hydrogens (tertiary/aromatic N) is 2. The molecule has 144 valence electrons. The number of non-ortho nitro benzene ring substituents is 1. The summed E-state index contributed by atoms with van der Waals surface area (Å²) in [6.45, 7) is 0. The van der Waals surface area contributed by atoms with Gasteiger partial charge in [-0.05, 0) is 29.8 Å². The Morgan fingerprint density at radius 2 is 1.90 bits per heavy atom. The largest absolute Gasteiger partial charge is 0.465 e. The van der Waals surface area contributed by atoms with Gasteiger partial charge in [-0.1, -0.05) is 24.3 Å². The zero-order chi connectivity index (χ0) is 20.4. The van der Waals surface area contributed by atoms with Crippen molar-refractivity contribution in [1.82, 2.24) is 4.98 Å². The maximum Gasteiger partial charge on any atom is 0.337 e. The number of methoxy groups -OCH3 is 1. The molecule has 0 spiro atoms. The van der Waals surface area contributed by atoms with Crippen LogP contribution in [0.15, 0.2) is 71.3 Å². The summed E-state index contributed by atoms with van der Waals surface area (Å²) in [5.74, 6) is 0.175. The van der Waals surface area contributed by atoms with E-state index in [1.54, 1.807) is 42.7 Å². The number of thiazole rings is 1. The number of hydrogen-bond donors (Lipinski definition) is 0. The van der Waals surface area contributed by atoms with Crippen molar-refractivity contribution in [3.63, 3.8) is 0 Å². The molecule has 0 N–H and O–H groups in total. The predicted molar refractivity (Wildman–Crippen MR) is 109 cm³/mol. The average molecular weight is 406 g/mol. The number of carbonyl (C=O) groups excluding carboxylic acids is 1. The minimum absolute atomic E-state index is 0.00114. The number of esters is 1. The minimum Gasteiger partial charge on any atom is -0.465 e. The van der Waals surface area contributed by atoms with Crippen LogP contribution in [0.4, 0.5) is 5.69 Å². The van der Waals surface area contributed by atoms with E-state index in [9.17, 15) is 14.9 Å². The lowest BCUT2D eigenvalue weighted by Gasteiger charge is -2.02. The van der Waals surface area contributed by atoms with E-state index in [1.807, 2.05) is 12.1 Å². The van der Waals surface area contributed by atoms with Crippen LogP contribution in [0, 0.1) is 10.1 Å². The zero-order valence-corrected chi connectivity index (χ0v) is 16.0. The Labute approximate surface area is 169 Å². The third-order valence-corrected chi connectivity index (χ3v) is 5.41. The lowest BCUT2D eigenvalue weighted by Crippen LogP contribution is -2.00. The van der Waals surface area contributed by atoms with Gasteiger partial charge in [0, 0.05) is 17.7 Å². The van der Waals surface area contributed by atoms with Crippen LogP contribution < -0.4 is 0 Å². The van der Waals surface area contributed by atoms with E-state index < -0.39 is 10.9 Å². The number of hydrogen-bond acceptors (Lipinski definition) is 7. The molecule has 7 nitrogen and oxygen atoms in total. The Kier molecular flexibility index (Phi) is 4.92. The van der Waals surface area contributed by atoms with Crippen LogP contribution in [-0.2, 0) is 4.74 Å². The van der Waals surface area contributed by atoms with E-state index in [4.69, 9.17) is 9.15 Å². The van der Waals surface area contributed by atoms with Gasteiger partial charge in [0.1, 0.15) is 10.7 Å². The monoisotopic (exact) mass is 406 g/mol. The van der Waals surface area contributed by atoms with Crippen molar-refractivity contribution in [2.45, 2.75) is 0 Å². The molecule has 0 atom stereocenters. The molecule has 2 heterocycles. The summed E-state index contributed by atoms with van der Waals surface area (Å²) in [7, 11) is 1.33. The number of nitro benzene ring substituents is 1. The Balaban J connectivity index is 1.82. The smallest absolute Gasteiger partial charge is 0.337 e. The van der Waals surface area contributed by atoms with Crippen LogP contribution in [-0.4, -0.2) is 23.0 Å². The standard InChI is InChI=1S/C21H14N2O5S/c1-27-21(24)14-9-7-13(8-10-14)19-18(17-6-3-11-28-17)22-20(29-19)15-4-2-5-16(12-15)23(25)26/h2-12H,1H3. The Bertz CT molecular complexity index is 1180. The van der Waals surface area contributed by atoms with Crippen LogP contribution in [0.1, 0.15) is 10.4 Å². The molecular weight excluding hydrogens is 392 g/mol. The highest BCUT2D eigenvalue weighted by molar-refractivity contribution is 7.19. The molecule has 0 bridgehead atoms. The molecule has 0 aliphatic rings. The number of ether oxygens (including phenoxy) is 1. The molecular formula is C21H14N2O5S. The van der Waals surface area contributed by atoms with E-state index in [2.05, 4.69) is 4.98 Å². The highest BCUT2D eigenvalue weighted by Crippen LogP contribution is 2.41. The molecule has 0 saturated carbocycles. The zero-order valence-electron chi connectivity index (χ0n) is 15.2. The molecule has 2 aromatic carbocycles. The van der Waals surface area contributed by atoms with Gasteiger partial charge in [0.15, 0.2) is 5.76 Å². The molecule has 8 heteroatoms. The van der Waals surface area contributed by atoms with Crippen molar-refractivity contribution in [2.75, 3.05) is 7.11 Å². The van der Waals surface area contributed by atoms with Crippen molar-refractivity contribution >= 4 is 23.0 Å². The Morgan fingerprint density at radius 1 is 1.10 bits per heavy atom. The van der Waals surface area contributed by atoms with Crippen molar-refractivity contribution in [2.24, 2.45) is 0 Å². The van der Waals surface area contributed by atoms with Crippen molar-refractivity contribution in [3.8, 4) is 32.5 Å². The predicted octanol–water partition coefficient (Wildman–Crippen LogP) is 5.43. The molecule has 0 aliphatic carbocycles. The van der Waals surface area contributed by atoms with Gasteiger partial charge in [0.2, 0.25) is 0 Å². The third kappa shape index (κ3) is 3.65. The molecule has 29 heavy (non-hydrogen) atoms. The second-order valence-electron chi connectivity index (χ2n) is 6.05. The summed E-state index contributed by atoms with van der Waals surface area (Å²) >= 11 is 1.39. The first kappa shape index (κ1) is 18.6. The fourth-order valence-corrected chi connectivity index (χ4v) is 3.92. The van der Waals surface area contributed by atoms with Crippen molar-refractivity contribution < 1.29 is 18.9 Å². The third-order valence-electron chi connectivity index (χ3n) is 4.25. The highest BCUT2D eigenvalue weighted by Gasteiger charge is 2.19. The normalized spacial score (nSPS) is 10.7. The maximum absolute atomic E-state index is 11.7. The topological polar surface area (TPSA) is 95.5 Å². The maximum atomic E-state index is 11.7. The molecule has 4 rings (SSSR count). The number of benzene rings is 2.